The van der Waals surface area contributed by atoms with E-state index in [0.29, 0.717) is 31.4 Å². The number of aromatic hydroxyl groups is 1. The van der Waals surface area contributed by atoms with E-state index in [1.54, 1.807) is 13.8 Å². The molecule has 2 heterocycles. The highest BCUT2D eigenvalue weighted by Crippen LogP contribution is 2.18. The van der Waals surface area contributed by atoms with Crippen LogP contribution in [0, 0.1) is 5.92 Å². The molecule has 0 unspecified atom stereocenters. The number of primary amides is 1. The predicted octanol–water partition coefficient (Wildman–Crippen LogP) is -5.03. The van der Waals surface area contributed by atoms with Crippen LogP contribution in [0.2, 0.25) is 0 Å². The molecular formula is C45H70N12O14. The standard InChI is InChI=1S/C45H70N12O14/c1-24(2)17-32(43(68)52-25(3)39(64)51-23-38(63)57-16-6-8-34(57)44(69)55-30(45(70)71)7-4-5-15-46)54-37(62)22-50-41(66)33(18-26-9-11-27(58)12-10-26)56-42(67)29(13-14-35(47)60)53-36(61)21-49-40(65)31-19-28(59)20-48-31/h9-12,24-25,28-34,48,58-59H,4-8,13-23,46H2,1-3H3,(H2,47,60)(H,49,65)(H,50,66)(H,51,64)(H,52,68)(H,53,61)(H,54,62)(H,55,69)(H,56,67)(H,70,71)/t25-,28+,29-,30-,31-,32-,33-,34-/m0/s1. The van der Waals surface area contributed by atoms with Crippen LogP contribution in [0.15, 0.2) is 24.3 Å². The van der Waals surface area contributed by atoms with Crippen LogP contribution in [0.5, 0.6) is 5.75 Å². The highest BCUT2D eigenvalue weighted by molar-refractivity contribution is 5.97. The van der Waals surface area contributed by atoms with Crippen molar-refractivity contribution in [1.82, 2.24) is 52.8 Å². The Kier molecular flexibility index (Phi) is 24.1. The van der Waals surface area contributed by atoms with Gasteiger partial charge in [0.1, 0.15) is 42.0 Å². The van der Waals surface area contributed by atoms with Gasteiger partial charge in [-0.3, -0.25) is 47.9 Å². The number of hydrogen-bond acceptors (Lipinski definition) is 15. The number of rotatable bonds is 29. The topological polar surface area (TPSA) is 412 Å². The Balaban J connectivity index is 1.61. The number of β-amino-alcohol motifs (C(OH)–C–C–N with tert-alkyl or cyclic N) is 1. The lowest BCUT2D eigenvalue weighted by atomic mass is 10.0. The zero-order valence-electron chi connectivity index (χ0n) is 40.3. The van der Waals surface area contributed by atoms with Crippen LogP contribution in [0.4, 0.5) is 0 Å². The van der Waals surface area contributed by atoms with Crippen molar-refractivity contribution in [2.45, 2.75) is 133 Å². The summed E-state index contributed by atoms with van der Waals surface area (Å²) < 4.78 is 0. The predicted molar refractivity (Wildman–Crippen MR) is 252 cm³/mol. The molecule has 2 aliphatic heterocycles. The minimum absolute atomic E-state index is 0.0830. The number of nitrogens with zero attached hydrogens (tertiary/aromatic N) is 1. The average molecular weight is 1000 g/mol. The van der Waals surface area contributed by atoms with Crippen molar-refractivity contribution in [2.75, 3.05) is 39.3 Å². The summed E-state index contributed by atoms with van der Waals surface area (Å²) >= 11 is 0. The Bertz CT molecular complexity index is 2060. The van der Waals surface area contributed by atoms with E-state index in [4.69, 9.17) is 11.5 Å². The lowest BCUT2D eigenvalue weighted by Crippen LogP contribution is -2.57. The molecule has 71 heavy (non-hydrogen) atoms. The van der Waals surface area contributed by atoms with Gasteiger partial charge in [0.25, 0.3) is 0 Å². The summed E-state index contributed by atoms with van der Waals surface area (Å²) in [5.41, 5.74) is 11.3. The second-order valence-electron chi connectivity index (χ2n) is 18.0. The van der Waals surface area contributed by atoms with Gasteiger partial charge in [0, 0.05) is 25.9 Å². The molecule has 1 aromatic rings. The number of carboxylic acids is 1. The van der Waals surface area contributed by atoms with Gasteiger partial charge in [-0.25, -0.2) is 4.79 Å². The zero-order valence-corrected chi connectivity index (χ0v) is 40.3. The number of phenols is 1. The molecule has 394 valence electrons. The molecule has 0 spiro atoms. The van der Waals surface area contributed by atoms with Crippen molar-refractivity contribution < 1.29 is 68.1 Å². The van der Waals surface area contributed by atoms with Gasteiger partial charge in [0.15, 0.2) is 0 Å². The summed E-state index contributed by atoms with van der Waals surface area (Å²) in [6.07, 6.45) is 0.628. The maximum Gasteiger partial charge on any atom is 0.326 e. The molecule has 0 saturated carbocycles. The molecule has 8 atom stereocenters. The molecule has 2 fully saturated rings. The Morgan fingerprint density at radius 2 is 1.37 bits per heavy atom. The number of phenolic OH excluding ortho intramolecular Hbond substituents is 1. The monoisotopic (exact) mass is 1000 g/mol. The number of carbonyl (C=O) groups excluding carboxylic acids is 10. The van der Waals surface area contributed by atoms with Gasteiger partial charge in [-0.2, -0.15) is 0 Å². The van der Waals surface area contributed by atoms with E-state index >= 15 is 0 Å². The van der Waals surface area contributed by atoms with Gasteiger partial charge in [0.05, 0.1) is 31.8 Å². The Hall–Kier alpha value is -6.93. The molecule has 3 rings (SSSR count). The van der Waals surface area contributed by atoms with Crippen LogP contribution in [-0.4, -0.2) is 173 Å². The summed E-state index contributed by atoms with van der Waals surface area (Å²) in [5, 5.41) is 51.6. The van der Waals surface area contributed by atoms with Gasteiger partial charge in [-0.1, -0.05) is 26.0 Å². The highest BCUT2D eigenvalue weighted by Gasteiger charge is 2.37. The first-order chi connectivity index (χ1) is 33.6. The number of amides is 10. The van der Waals surface area contributed by atoms with E-state index in [1.807, 2.05) is 0 Å². The molecular weight excluding hydrogens is 933 g/mol. The first-order valence-corrected chi connectivity index (χ1v) is 23.6. The van der Waals surface area contributed by atoms with Gasteiger partial charge >= 0.3 is 5.97 Å². The first-order valence-electron chi connectivity index (χ1n) is 23.6. The van der Waals surface area contributed by atoms with Crippen LogP contribution >= 0.6 is 0 Å². The summed E-state index contributed by atoms with van der Waals surface area (Å²) in [5.74, 6) is -9.03. The maximum atomic E-state index is 13.7. The van der Waals surface area contributed by atoms with E-state index in [1.165, 1.54) is 36.1 Å². The Labute approximate surface area is 410 Å². The summed E-state index contributed by atoms with van der Waals surface area (Å²) in [4.78, 5) is 143. The van der Waals surface area contributed by atoms with E-state index in [2.05, 4.69) is 47.9 Å². The van der Waals surface area contributed by atoms with Gasteiger partial charge in [-0.05, 0) is 88.4 Å². The Morgan fingerprint density at radius 1 is 0.732 bits per heavy atom. The summed E-state index contributed by atoms with van der Waals surface area (Å²) in [6.45, 7) is 3.86. The number of aliphatic hydroxyl groups is 1. The Morgan fingerprint density at radius 3 is 1.97 bits per heavy atom. The molecule has 0 bridgehead atoms. The minimum atomic E-state index is -1.43. The van der Waals surface area contributed by atoms with Crippen LogP contribution in [0.3, 0.4) is 0 Å². The van der Waals surface area contributed by atoms with Crippen LogP contribution < -0.4 is 59.3 Å². The van der Waals surface area contributed by atoms with E-state index < -0.39 is 133 Å². The molecule has 16 N–H and O–H groups in total. The van der Waals surface area contributed by atoms with E-state index in [9.17, 15) is 68.1 Å². The number of nitrogens with one attached hydrogen (secondary N) is 9. The molecule has 2 aliphatic rings. The minimum Gasteiger partial charge on any atom is -0.508 e. The normalized spacial score (nSPS) is 18.4. The molecule has 26 nitrogen and oxygen atoms in total. The van der Waals surface area contributed by atoms with Crippen molar-refractivity contribution in [1.29, 1.82) is 0 Å². The zero-order chi connectivity index (χ0) is 52.8. The number of carboxylic acid groups (broad SMARTS) is 1. The maximum absolute atomic E-state index is 13.7. The van der Waals surface area contributed by atoms with Crippen molar-refractivity contribution in [2.24, 2.45) is 17.4 Å². The van der Waals surface area contributed by atoms with Gasteiger partial charge in [-0.15, -0.1) is 0 Å². The summed E-state index contributed by atoms with van der Waals surface area (Å²) in [6, 6.07) is -2.46. The number of likely N-dealkylation sites (tertiary alicyclic amines) is 1. The largest absolute Gasteiger partial charge is 0.508 e. The second-order valence-corrected chi connectivity index (χ2v) is 18.0. The third-order valence-corrected chi connectivity index (χ3v) is 11.6. The SMILES string of the molecule is CC(C)C[C@H](NC(=O)CNC(=O)[C@H](Cc1ccc(O)cc1)NC(=O)[C@H](CCC(N)=O)NC(=O)CNC(=O)[C@@H]1C[C@@H](O)CN1)C(=O)N[C@@H](C)C(=O)NCC(=O)N1CCC[C@H]1C(=O)N[C@@H](CCCCN)C(=O)O. The first kappa shape index (κ1) is 58.4. The molecule has 2 saturated heterocycles. The van der Waals surface area contributed by atoms with Gasteiger partial charge < -0.3 is 79.5 Å². The fourth-order valence-corrected chi connectivity index (χ4v) is 7.75. The molecule has 0 aromatic heterocycles. The number of carbonyl (C=O) groups is 11. The number of aliphatic carboxylic acids is 1. The third kappa shape index (κ3) is 20.5. The third-order valence-electron chi connectivity index (χ3n) is 11.6. The molecule has 1 aromatic carbocycles. The second kappa shape index (κ2) is 29.3. The number of nitrogens with two attached hydrogens (primary N) is 2. The number of benzene rings is 1. The highest BCUT2D eigenvalue weighted by atomic mass is 16.4. The molecule has 10 amide bonds. The van der Waals surface area contributed by atoms with Crippen molar-refractivity contribution >= 4 is 65.0 Å². The average Bonchev–Trinajstić information content (AvgIpc) is 4.00. The van der Waals surface area contributed by atoms with Crippen molar-refractivity contribution in [3.63, 3.8) is 0 Å². The number of aliphatic hydroxyl groups excluding tert-OH is 1. The molecule has 0 radical (unpaired) electrons. The fourth-order valence-electron chi connectivity index (χ4n) is 7.75. The van der Waals surface area contributed by atoms with Crippen LogP contribution in [0.1, 0.15) is 84.1 Å². The smallest absolute Gasteiger partial charge is 0.326 e. The van der Waals surface area contributed by atoms with E-state index in [-0.39, 0.29) is 69.7 Å². The van der Waals surface area contributed by atoms with Crippen LogP contribution in [-0.2, 0) is 59.2 Å². The fraction of sp³-hybridized carbons (Fsp3) is 0.622. The quantitative estimate of drug-likeness (QED) is 0.0334. The van der Waals surface area contributed by atoms with Crippen molar-refractivity contribution in [3.05, 3.63) is 29.8 Å². The van der Waals surface area contributed by atoms with Crippen LogP contribution in [0.25, 0.3) is 0 Å². The molecule has 0 aliphatic carbocycles. The lowest BCUT2D eigenvalue weighted by Gasteiger charge is -2.26. The lowest BCUT2D eigenvalue weighted by molar-refractivity contribution is -0.144. The summed E-state index contributed by atoms with van der Waals surface area (Å²) in [7, 11) is 0. The molecule has 26 heteroatoms. The van der Waals surface area contributed by atoms with Gasteiger partial charge in [0.2, 0.25) is 59.1 Å². The number of hydrogen-bond donors (Lipinski definition) is 14. The van der Waals surface area contributed by atoms with Crippen molar-refractivity contribution in [3.8, 4) is 5.75 Å². The van der Waals surface area contributed by atoms with E-state index in [0.717, 1.165) is 0 Å². The number of unbranched alkanes of at least 4 members (excludes halogenated alkanes) is 1.